The normalized spacial score (nSPS) is 20.4. The number of rotatable bonds is 11. The minimum absolute atomic E-state index is 0.251. The van der Waals surface area contributed by atoms with E-state index >= 15 is 0 Å². The van der Waals surface area contributed by atoms with E-state index in [9.17, 15) is 8.42 Å². The van der Waals surface area contributed by atoms with Crippen molar-refractivity contribution >= 4 is 27.6 Å². The summed E-state index contributed by atoms with van der Waals surface area (Å²) >= 11 is 5.88. The predicted molar refractivity (Wildman–Crippen MR) is 129 cm³/mol. The topological polar surface area (TPSA) is 75.6 Å². The Morgan fingerprint density at radius 3 is 2.38 bits per heavy atom. The molecule has 0 aromatic carbocycles. The Morgan fingerprint density at radius 2 is 1.78 bits per heavy atom. The lowest BCUT2D eigenvalue weighted by Gasteiger charge is -2.33. The largest absolute Gasteiger partial charge is 0.381 e. The van der Waals surface area contributed by atoms with Crippen LogP contribution in [-0.2, 0) is 14.8 Å². The minimum Gasteiger partial charge on any atom is -0.381 e. The van der Waals surface area contributed by atoms with Gasteiger partial charge in [0.2, 0.25) is 16.0 Å². The van der Waals surface area contributed by atoms with Crippen LogP contribution in [0.15, 0.2) is 25.0 Å². The van der Waals surface area contributed by atoms with Gasteiger partial charge in [-0.15, -0.1) is 6.58 Å². The van der Waals surface area contributed by atoms with Gasteiger partial charge in [0, 0.05) is 38.7 Å². The van der Waals surface area contributed by atoms with E-state index in [-0.39, 0.29) is 5.75 Å². The van der Waals surface area contributed by atoms with Crippen molar-refractivity contribution in [1.29, 1.82) is 0 Å². The number of piperidine rings is 2. The molecule has 180 valence electrons. The van der Waals surface area contributed by atoms with Crippen LogP contribution < -0.4 is 4.90 Å². The summed E-state index contributed by atoms with van der Waals surface area (Å²) in [5.41, 5.74) is 0. The summed E-state index contributed by atoms with van der Waals surface area (Å²) in [4.78, 5) is 10.9. The van der Waals surface area contributed by atoms with Gasteiger partial charge in [-0.25, -0.2) is 22.7 Å². The minimum atomic E-state index is -3.07. The molecule has 0 unspecified atom stereocenters. The Morgan fingerprint density at radius 1 is 1.16 bits per heavy atom. The Balaban J connectivity index is 1.33. The maximum Gasteiger partial charge on any atom is 0.225 e. The second-order valence-electron chi connectivity index (χ2n) is 9.06. The molecule has 32 heavy (non-hydrogen) atoms. The number of hydrogen-bond donors (Lipinski definition) is 0. The van der Waals surface area contributed by atoms with E-state index in [0.29, 0.717) is 55.5 Å². The molecular weight excluding hydrogens is 448 g/mol. The molecule has 3 rings (SSSR count). The fourth-order valence-electron chi connectivity index (χ4n) is 4.63. The first kappa shape index (κ1) is 25.4. The van der Waals surface area contributed by atoms with Crippen molar-refractivity contribution in [3.63, 3.8) is 0 Å². The lowest BCUT2D eigenvalue weighted by Crippen LogP contribution is -2.40. The molecular formula is C23H37ClN4O3S. The monoisotopic (exact) mass is 484 g/mol. The van der Waals surface area contributed by atoms with Crippen LogP contribution in [0.2, 0.25) is 5.02 Å². The first-order chi connectivity index (χ1) is 15.4. The quantitative estimate of drug-likeness (QED) is 0.442. The van der Waals surface area contributed by atoms with Crippen molar-refractivity contribution in [3.8, 4) is 0 Å². The van der Waals surface area contributed by atoms with E-state index in [0.717, 1.165) is 51.1 Å². The van der Waals surface area contributed by atoms with Gasteiger partial charge in [0.05, 0.1) is 29.8 Å². The van der Waals surface area contributed by atoms with Gasteiger partial charge in [0.15, 0.2) is 0 Å². The van der Waals surface area contributed by atoms with Crippen LogP contribution in [0.1, 0.15) is 45.4 Å². The van der Waals surface area contributed by atoms with Crippen molar-refractivity contribution in [2.75, 3.05) is 50.0 Å². The summed E-state index contributed by atoms with van der Waals surface area (Å²) in [6.07, 6.45) is 11.1. The fourth-order valence-corrected chi connectivity index (χ4v) is 6.26. The highest BCUT2D eigenvalue weighted by Gasteiger charge is 2.28. The third-order valence-electron chi connectivity index (χ3n) is 6.59. The van der Waals surface area contributed by atoms with Gasteiger partial charge >= 0.3 is 0 Å². The van der Waals surface area contributed by atoms with E-state index in [4.69, 9.17) is 16.3 Å². The van der Waals surface area contributed by atoms with Crippen LogP contribution in [0, 0.1) is 17.8 Å². The highest BCUT2D eigenvalue weighted by Crippen LogP contribution is 2.27. The average molecular weight is 485 g/mol. The molecule has 0 radical (unpaired) electrons. The van der Waals surface area contributed by atoms with E-state index < -0.39 is 10.0 Å². The number of ether oxygens (including phenoxy) is 1. The molecule has 0 spiro atoms. The molecule has 3 heterocycles. The lowest BCUT2D eigenvalue weighted by molar-refractivity contribution is 0.0595. The van der Waals surface area contributed by atoms with Gasteiger partial charge in [-0.2, -0.15) is 0 Å². The van der Waals surface area contributed by atoms with Gasteiger partial charge in [-0.1, -0.05) is 24.6 Å². The van der Waals surface area contributed by atoms with Crippen molar-refractivity contribution in [2.45, 2.75) is 45.4 Å². The van der Waals surface area contributed by atoms with Crippen LogP contribution >= 0.6 is 11.6 Å². The second kappa shape index (κ2) is 12.3. The first-order valence-electron chi connectivity index (χ1n) is 11.8. The zero-order valence-corrected chi connectivity index (χ0v) is 20.7. The number of hydrogen-bond acceptors (Lipinski definition) is 6. The zero-order chi connectivity index (χ0) is 23.0. The predicted octanol–water partition coefficient (Wildman–Crippen LogP) is 4.01. The van der Waals surface area contributed by atoms with Gasteiger partial charge in [0.25, 0.3) is 0 Å². The Bertz CT molecular complexity index is 805. The number of anilines is 1. The second-order valence-corrected chi connectivity index (χ2v) is 11.6. The third kappa shape index (κ3) is 7.40. The average Bonchev–Trinajstić information content (AvgIpc) is 2.80. The molecule has 0 saturated carbocycles. The maximum absolute atomic E-state index is 12.2. The van der Waals surface area contributed by atoms with Crippen LogP contribution in [0.3, 0.4) is 0 Å². The van der Waals surface area contributed by atoms with Gasteiger partial charge in [-0.3, -0.25) is 0 Å². The maximum atomic E-state index is 12.2. The summed E-state index contributed by atoms with van der Waals surface area (Å²) < 4.78 is 32.1. The molecule has 0 bridgehead atoms. The number of nitrogens with zero attached hydrogens (tertiary/aromatic N) is 4. The molecule has 2 aliphatic heterocycles. The highest BCUT2D eigenvalue weighted by atomic mass is 35.5. The van der Waals surface area contributed by atoms with Crippen molar-refractivity contribution in [1.82, 2.24) is 14.3 Å². The van der Waals surface area contributed by atoms with Crippen molar-refractivity contribution in [3.05, 3.63) is 30.1 Å². The standard InChI is InChI=1S/C23H37ClN4O3S/c1-3-13-32(29,30)28-11-7-21(8-12-28)18-31-17-19(4-2)14-20-5-9-27(10-6-20)23-25-15-22(24)16-26-23/h4,15-16,19-21H,2-3,5-14,17-18H2,1H3/t19-/m1/s1. The highest BCUT2D eigenvalue weighted by molar-refractivity contribution is 7.89. The molecule has 1 atom stereocenters. The molecule has 1 aromatic rings. The summed E-state index contributed by atoms with van der Waals surface area (Å²) in [6.45, 7) is 10.5. The summed E-state index contributed by atoms with van der Waals surface area (Å²) in [6, 6.07) is 0. The summed E-state index contributed by atoms with van der Waals surface area (Å²) in [5, 5.41) is 0.560. The van der Waals surface area contributed by atoms with E-state index in [2.05, 4.69) is 21.4 Å². The molecule has 2 fully saturated rings. The first-order valence-corrected chi connectivity index (χ1v) is 13.8. The smallest absolute Gasteiger partial charge is 0.225 e. The van der Waals surface area contributed by atoms with Crippen molar-refractivity contribution < 1.29 is 13.2 Å². The molecule has 0 N–H and O–H groups in total. The van der Waals surface area contributed by atoms with Gasteiger partial charge in [-0.05, 0) is 50.4 Å². The molecule has 0 amide bonds. The molecule has 7 nitrogen and oxygen atoms in total. The third-order valence-corrected chi connectivity index (χ3v) is 8.86. The van der Waals surface area contributed by atoms with Gasteiger partial charge in [0.1, 0.15) is 0 Å². The van der Waals surface area contributed by atoms with Crippen LogP contribution in [0.25, 0.3) is 0 Å². The van der Waals surface area contributed by atoms with E-state index in [1.54, 1.807) is 16.7 Å². The van der Waals surface area contributed by atoms with E-state index in [1.807, 2.05) is 13.0 Å². The Kier molecular flexibility index (Phi) is 9.77. The zero-order valence-electron chi connectivity index (χ0n) is 19.2. The molecule has 2 aliphatic rings. The molecule has 2 saturated heterocycles. The summed E-state index contributed by atoms with van der Waals surface area (Å²) in [7, 11) is -3.07. The van der Waals surface area contributed by atoms with Crippen LogP contribution in [0.4, 0.5) is 5.95 Å². The summed E-state index contributed by atoms with van der Waals surface area (Å²) in [5.74, 6) is 2.45. The van der Waals surface area contributed by atoms with Crippen molar-refractivity contribution in [2.24, 2.45) is 17.8 Å². The molecule has 1 aromatic heterocycles. The van der Waals surface area contributed by atoms with E-state index in [1.165, 1.54) is 0 Å². The lowest BCUT2D eigenvalue weighted by atomic mass is 9.87. The number of sulfonamides is 1. The van der Waals surface area contributed by atoms with Gasteiger partial charge < -0.3 is 9.64 Å². The fraction of sp³-hybridized carbons (Fsp3) is 0.739. The molecule has 0 aliphatic carbocycles. The Hall–Kier alpha value is -1.22. The SMILES string of the molecule is C=C[C@@H](COCC1CCN(S(=O)(=O)CCC)CC1)CC1CCN(c2ncc(Cl)cn2)CC1. The Labute approximate surface area is 198 Å². The van der Waals surface area contributed by atoms with Crippen LogP contribution in [-0.4, -0.2) is 67.8 Å². The number of aromatic nitrogens is 2. The number of halogens is 1. The molecule has 9 heteroatoms. The van der Waals surface area contributed by atoms with Crippen LogP contribution in [0.5, 0.6) is 0 Å².